The molecule has 6 rings (SSSR count). The molecule has 35 heavy (non-hydrogen) atoms. The standard InChI is InChI=1S/C33H33NS/c1-32(2,3)20-21-11-16-30-27(17-21)26-15-13-23(19-31(26)35-30)22-12-14-25-24-9-7-8-10-28(24)34(29(25)18-22)33(4,5)6/h7-19H,20H2,1-6H3. The molecule has 0 saturated heterocycles. The van der Waals surface area contributed by atoms with E-state index in [1.165, 1.54) is 58.7 Å². The van der Waals surface area contributed by atoms with E-state index in [-0.39, 0.29) is 5.54 Å². The Morgan fingerprint density at radius 1 is 0.600 bits per heavy atom. The summed E-state index contributed by atoms with van der Waals surface area (Å²) in [5, 5.41) is 5.42. The highest BCUT2D eigenvalue weighted by molar-refractivity contribution is 7.25. The highest BCUT2D eigenvalue weighted by Crippen LogP contribution is 2.40. The quantitative estimate of drug-likeness (QED) is 0.235. The first-order valence-corrected chi connectivity index (χ1v) is 13.4. The molecule has 0 unspecified atom stereocenters. The van der Waals surface area contributed by atoms with E-state index in [1.807, 2.05) is 11.3 Å². The molecule has 1 nitrogen and oxygen atoms in total. The summed E-state index contributed by atoms with van der Waals surface area (Å²) < 4.78 is 5.23. The Bertz CT molecular complexity index is 1730. The molecule has 0 aliphatic carbocycles. The van der Waals surface area contributed by atoms with Crippen LogP contribution in [-0.4, -0.2) is 4.57 Å². The number of nitrogens with zero attached hydrogens (tertiary/aromatic N) is 1. The van der Waals surface area contributed by atoms with E-state index < -0.39 is 0 Å². The van der Waals surface area contributed by atoms with Crippen molar-refractivity contribution in [3.05, 3.63) is 84.4 Å². The van der Waals surface area contributed by atoms with E-state index >= 15 is 0 Å². The van der Waals surface area contributed by atoms with Crippen LogP contribution in [0.3, 0.4) is 0 Å². The number of rotatable bonds is 2. The van der Waals surface area contributed by atoms with Gasteiger partial charge >= 0.3 is 0 Å². The summed E-state index contributed by atoms with van der Waals surface area (Å²) in [5.74, 6) is 0. The Labute approximate surface area is 212 Å². The van der Waals surface area contributed by atoms with Gasteiger partial charge in [-0.1, -0.05) is 69.3 Å². The minimum absolute atomic E-state index is 0.000168. The Morgan fingerprint density at radius 3 is 2.03 bits per heavy atom. The zero-order valence-electron chi connectivity index (χ0n) is 21.6. The maximum atomic E-state index is 2.50. The average molecular weight is 476 g/mol. The Hall–Kier alpha value is -3.10. The number of thiophene rings is 1. The molecule has 0 radical (unpaired) electrons. The minimum atomic E-state index is 0.000168. The largest absolute Gasteiger partial charge is 0.335 e. The van der Waals surface area contributed by atoms with Crippen molar-refractivity contribution in [2.24, 2.45) is 5.41 Å². The van der Waals surface area contributed by atoms with Crippen molar-refractivity contribution in [3.8, 4) is 11.1 Å². The lowest BCUT2D eigenvalue weighted by molar-refractivity contribution is 0.411. The maximum Gasteiger partial charge on any atom is 0.0502 e. The maximum absolute atomic E-state index is 2.50. The first kappa shape index (κ1) is 22.4. The zero-order valence-corrected chi connectivity index (χ0v) is 22.4. The van der Waals surface area contributed by atoms with Crippen molar-refractivity contribution in [2.75, 3.05) is 0 Å². The van der Waals surface area contributed by atoms with Gasteiger partial charge in [0.05, 0.1) is 5.52 Å². The fraction of sp³-hybridized carbons (Fsp3) is 0.273. The molecule has 0 aliphatic rings. The molecule has 176 valence electrons. The van der Waals surface area contributed by atoms with E-state index in [9.17, 15) is 0 Å². The van der Waals surface area contributed by atoms with Crippen LogP contribution >= 0.6 is 11.3 Å². The van der Waals surface area contributed by atoms with Gasteiger partial charge in [0.1, 0.15) is 0 Å². The molecule has 6 aromatic rings. The van der Waals surface area contributed by atoms with Gasteiger partial charge in [0.15, 0.2) is 0 Å². The molecule has 2 heterocycles. The van der Waals surface area contributed by atoms with Crippen molar-refractivity contribution in [2.45, 2.75) is 53.5 Å². The van der Waals surface area contributed by atoms with E-state index in [0.29, 0.717) is 5.41 Å². The molecule has 0 amide bonds. The SMILES string of the molecule is CC(C)(C)Cc1ccc2sc3cc(-c4ccc5c6ccccc6n(C(C)(C)C)c5c4)ccc3c2c1. The van der Waals surface area contributed by atoms with Gasteiger partial charge in [0.2, 0.25) is 0 Å². The van der Waals surface area contributed by atoms with Crippen molar-refractivity contribution < 1.29 is 0 Å². The number of para-hydroxylation sites is 1. The van der Waals surface area contributed by atoms with Gasteiger partial charge < -0.3 is 4.57 Å². The topological polar surface area (TPSA) is 4.93 Å². The van der Waals surface area contributed by atoms with Crippen molar-refractivity contribution >= 4 is 53.3 Å². The van der Waals surface area contributed by atoms with Crippen LogP contribution in [0.2, 0.25) is 0 Å². The van der Waals surface area contributed by atoms with Gasteiger partial charge in [0, 0.05) is 42.0 Å². The van der Waals surface area contributed by atoms with E-state index in [2.05, 4.69) is 125 Å². The van der Waals surface area contributed by atoms with Crippen molar-refractivity contribution in [3.63, 3.8) is 0 Å². The molecule has 0 atom stereocenters. The predicted molar refractivity (Wildman–Crippen MR) is 156 cm³/mol. The third-order valence-corrected chi connectivity index (χ3v) is 8.08. The smallest absolute Gasteiger partial charge is 0.0502 e. The summed E-state index contributed by atoms with van der Waals surface area (Å²) in [6.07, 6.45) is 1.10. The summed E-state index contributed by atoms with van der Waals surface area (Å²) in [5.41, 5.74) is 6.89. The number of aromatic nitrogens is 1. The summed E-state index contributed by atoms with van der Waals surface area (Å²) in [4.78, 5) is 0. The molecule has 0 aliphatic heterocycles. The van der Waals surface area contributed by atoms with Crippen LogP contribution in [0.4, 0.5) is 0 Å². The highest BCUT2D eigenvalue weighted by Gasteiger charge is 2.21. The fourth-order valence-corrected chi connectivity index (χ4v) is 6.72. The van der Waals surface area contributed by atoms with Crippen LogP contribution in [0.1, 0.15) is 47.1 Å². The molecular formula is C33H33NS. The molecular weight excluding hydrogens is 442 g/mol. The Morgan fingerprint density at radius 2 is 1.29 bits per heavy atom. The minimum Gasteiger partial charge on any atom is -0.335 e. The van der Waals surface area contributed by atoms with E-state index in [0.717, 1.165) is 6.42 Å². The van der Waals surface area contributed by atoms with Gasteiger partial charge in [-0.3, -0.25) is 0 Å². The zero-order chi connectivity index (χ0) is 24.5. The second-order valence-corrected chi connectivity index (χ2v) is 13.2. The monoisotopic (exact) mass is 475 g/mol. The lowest BCUT2D eigenvalue weighted by atomic mass is 9.88. The lowest BCUT2D eigenvalue weighted by Gasteiger charge is -2.24. The second-order valence-electron chi connectivity index (χ2n) is 12.1. The highest BCUT2D eigenvalue weighted by atomic mass is 32.1. The van der Waals surface area contributed by atoms with Crippen LogP contribution < -0.4 is 0 Å². The third-order valence-electron chi connectivity index (χ3n) is 6.95. The van der Waals surface area contributed by atoms with Crippen LogP contribution in [0.15, 0.2) is 78.9 Å². The molecule has 0 fully saturated rings. The molecule has 0 spiro atoms. The molecule has 0 bridgehead atoms. The van der Waals surface area contributed by atoms with Crippen LogP contribution in [0.5, 0.6) is 0 Å². The summed E-state index contributed by atoms with van der Waals surface area (Å²) in [7, 11) is 0. The molecule has 0 N–H and O–H groups in total. The summed E-state index contributed by atoms with van der Waals surface area (Å²) >= 11 is 1.91. The first-order chi connectivity index (χ1) is 16.6. The number of fused-ring (bicyclic) bond motifs is 6. The molecule has 2 heteroatoms. The van der Waals surface area contributed by atoms with Gasteiger partial charge in [0.25, 0.3) is 0 Å². The number of benzene rings is 4. The van der Waals surface area contributed by atoms with Crippen molar-refractivity contribution in [1.29, 1.82) is 0 Å². The first-order valence-electron chi connectivity index (χ1n) is 12.6. The average Bonchev–Trinajstić information content (AvgIpc) is 3.32. The van der Waals surface area contributed by atoms with Crippen LogP contribution in [0.25, 0.3) is 53.1 Å². The summed E-state index contributed by atoms with van der Waals surface area (Å²) in [6, 6.07) is 29.8. The molecule has 4 aromatic carbocycles. The Kier molecular flexibility index (Phi) is 4.92. The predicted octanol–water partition coefficient (Wildman–Crippen LogP) is 10.2. The summed E-state index contributed by atoms with van der Waals surface area (Å²) in [6.45, 7) is 13.8. The fourth-order valence-electron chi connectivity index (χ4n) is 5.60. The normalized spacial score (nSPS) is 13.0. The van der Waals surface area contributed by atoms with Crippen LogP contribution in [0, 0.1) is 5.41 Å². The van der Waals surface area contributed by atoms with Crippen molar-refractivity contribution in [1.82, 2.24) is 4.57 Å². The van der Waals surface area contributed by atoms with Gasteiger partial charge in [-0.05, 0) is 79.6 Å². The number of hydrogen-bond acceptors (Lipinski definition) is 1. The second kappa shape index (κ2) is 7.70. The van der Waals surface area contributed by atoms with Gasteiger partial charge in [-0.2, -0.15) is 0 Å². The van der Waals surface area contributed by atoms with E-state index in [1.54, 1.807) is 0 Å². The molecule has 2 aromatic heterocycles. The third kappa shape index (κ3) is 3.85. The van der Waals surface area contributed by atoms with Gasteiger partial charge in [-0.25, -0.2) is 0 Å². The lowest BCUT2D eigenvalue weighted by Crippen LogP contribution is -2.21. The van der Waals surface area contributed by atoms with Crippen LogP contribution in [-0.2, 0) is 12.0 Å². The number of hydrogen-bond donors (Lipinski definition) is 0. The van der Waals surface area contributed by atoms with Gasteiger partial charge in [-0.15, -0.1) is 11.3 Å². The van der Waals surface area contributed by atoms with E-state index in [4.69, 9.17) is 0 Å². The Balaban J connectivity index is 1.50. The molecule has 0 saturated carbocycles.